The van der Waals surface area contributed by atoms with Crippen LogP contribution in [-0.4, -0.2) is 21.3 Å². The zero-order valence-corrected chi connectivity index (χ0v) is 8.29. The van der Waals surface area contributed by atoms with E-state index in [-0.39, 0.29) is 0 Å². The van der Waals surface area contributed by atoms with E-state index in [9.17, 15) is 5.11 Å². The van der Waals surface area contributed by atoms with E-state index in [2.05, 4.69) is 10.2 Å². The zero-order valence-electron chi connectivity index (χ0n) is 7.47. The molecule has 0 aliphatic heterocycles. The van der Waals surface area contributed by atoms with Crippen molar-refractivity contribution >= 4 is 11.3 Å². The van der Waals surface area contributed by atoms with Gasteiger partial charge in [-0.25, -0.2) is 0 Å². The van der Waals surface area contributed by atoms with E-state index in [0.717, 1.165) is 17.8 Å². The maximum absolute atomic E-state index is 9.24. The Balaban J connectivity index is 2.06. The molecule has 1 aliphatic rings. The molecule has 0 radical (unpaired) electrons. The second kappa shape index (κ2) is 3.32. The van der Waals surface area contributed by atoms with Gasteiger partial charge in [-0.15, -0.1) is 10.2 Å². The van der Waals surface area contributed by atoms with Gasteiger partial charge in [0, 0.05) is 12.0 Å². The van der Waals surface area contributed by atoms with E-state index < -0.39 is 6.10 Å². The van der Waals surface area contributed by atoms with Crippen LogP contribution in [0.5, 0.6) is 0 Å². The van der Waals surface area contributed by atoms with Crippen LogP contribution in [-0.2, 0) is 0 Å². The number of rotatable bonds is 2. The summed E-state index contributed by atoms with van der Waals surface area (Å²) in [5.41, 5.74) is 5.68. The second-order valence-electron chi connectivity index (χ2n) is 3.58. The standard InChI is InChI=1S/C8H13N3OS/c1-4(12)7-10-11-8(13-7)5-2-6(9)3-5/h4-6,12H,2-3,9H2,1H3/t4-,5?,6?/m0/s1. The molecule has 1 aliphatic carbocycles. The lowest BCUT2D eigenvalue weighted by molar-refractivity contribution is 0.198. The van der Waals surface area contributed by atoms with Crippen molar-refractivity contribution < 1.29 is 5.11 Å². The van der Waals surface area contributed by atoms with Crippen LogP contribution < -0.4 is 5.73 Å². The van der Waals surface area contributed by atoms with Crippen LogP contribution in [0.2, 0.25) is 0 Å². The zero-order chi connectivity index (χ0) is 9.42. The monoisotopic (exact) mass is 199 g/mol. The van der Waals surface area contributed by atoms with Crippen LogP contribution in [0.4, 0.5) is 0 Å². The highest BCUT2D eigenvalue weighted by Crippen LogP contribution is 2.37. The molecule has 3 N–H and O–H groups in total. The molecule has 0 unspecified atom stereocenters. The molecule has 1 aromatic rings. The molecular weight excluding hydrogens is 186 g/mol. The number of nitrogens with zero attached hydrogens (tertiary/aromatic N) is 2. The molecular formula is C8H13N3OS. The molecule has 1 fully saturated rings. The number of hydrogen-bond donors (Lipinski definition) is 2. The lowest BCUT2D eigenvalue weighted by Crippen LogP contribution is -2.34. The third-order valence-electron chi connectivity index (χ3n) is 2.34. The van der Waals surface area contributed by atoms with Gasteiger partial charge in [-0.3, -0.25) is 0 Å². The first-order valence-electron chi connectivity index (χ1n) is 4.43. The summed E-state index contributed by atoms with van der Waals surface area (Å²) in [5.74, 6) is 0.486. The summed E-state index contributed by atoms with van der Waals surface area (Å²) in [6.07, 6.45) is 1.52. The topological polar surface area (TPSA) is 72.0 Å². The van der Waals surface area contributed by atoms with Crippen LogP contribution in [0, 0.1) is 0 Å². The van der Waals surface area contributed by atoms with Crippen molar-refractivity contribution in [1.82, 2.24) is 10.2 Å². The predicted octanol–water partition coefficient (Wildman–Crippen LogP) is 0.796. The Kier molecular flexibility index (Phi) is 2.31. The van der Waals surface area contributed by atoms with Gasteiger partial charge in [0.1, 0.15) is 16.1 Å². The van der Waals surface area contributed by atoms with E-state index in [1.165, 1.54) is 11.3 Å². The largest absolute Gasteiger partial charge is 0.386 e. The smallest absolute Gasteiger partial charge is 0.145 e. The quantitative estimate of drug-likeness (QED) is 0.739. The molecule has 0 amide bonds. The van der Waals surface area contributed by atoms with Gasteiger partial charge in [-0.2, -0.15) is 0 Å². The molecule has 0 spiro atoms. The number of aliphatic hydroxyl groups excluding tert-OH is 1. The highest BCUT2D eigenvalue weighted by molar-refractivity contribution is 7.11. The van der Waals surface area contributed by atoms with Gasteiger partial charge in [0.15, 0.2) is 0 Å². The minimum atomic E-state index is -0.500. The third kappa shape index (κ3) is 1.72. The van der Waals surface area contributed by atoms with Crippen LogP contribution in [0.25, 0.3) is 0 Å². The fraction of sp³-hybridized carbons (Fsp3) is 0.750. The Bertz CT molecular complexity index is 293. The maximum Gasteiger partial charge on any atom is 0.145 e. The summed E-state index contributed by atoms with van der Waals surface area (Å²) in [5, 5.41) is 18.9. The highest BCUT2D eigenvalue weighted by Gasteiger charge is 2.30. The van der Waals surface area contributed by atoms with Crippen molar-refractivity contribution in [2.75, 3.05) is 0 Å². The fourth-order valence-corrected chi connectivity index (χ4v) is 2.35. The Hall–Kier alpha value is -0.520. The first-order chi connectivity index (χ1) is 6.16. The van der Waals surface area contributed by atoms with E-state index in [4.69, 9.17) is 5.73 Å². The van der Waals surface area contributed by atoms with Crippen LogP contribution in [0.1, 0.15) is 41.8 Å². The van der Waals surface area contributed by atoms with Crippen molar-refractivity contribution in [3.63, 3.8) is 0 Å². The minimum absolute atomic E-state index is 0.337. The predicted molar refractivity (Wildman–Crippen MR) is 50.5 cm³/mol. The first kappa shape index (κ1) is 9.05. The van der Waals surface area contributed by atoms with E-state index in [0.29, 0.717) is 17.0 Å². The van der Waals surface area contributed by atoms with Crippen molar-refractivity contribution in [1.29, 1.82) is 0 Å². The van der Waals surface area contributed by atoms with Gasteiger partial charge in [-0.05, 0) is 19.8 Å². The summed E-state index contributed by atoms with van der Waals surface area (Å²) < 4.78 is 0. The van der Waals surface area contributed by atoms with Gasteiger partial charge < -0.3 is 10.8 Å². The van der Waals surface area contributed by atoms with Gasteiger partial charge >= 0.3 is 0 Å². The summed E-state index contributed by atoms with van der Waals surface area (Å²) in [4.78, 5) is 0. The molecule has 13 heavy (non-hydrogen) atoms. The summed E-state index contributed by atoms with van der Waals surface area (Å²) in [6.45, 7) is 1.71. The molecule has 4 nitrogen and oxygen atoms in total. The Morgan fingerprint density at radius 2 is 2.23 bits per heavy atom. The second-order valence-corrected chi connectivity index (χ2v) is 4.62. The van der Waals surface area contributed by atoms with Crippen LogP contribution in [0.15, 0.2) is 0 Å². The fourth-order valence-electron chi connectivity index (χ4n) is 1.44. The van der Waals surface area contributed by atoms with Gasteiger partial charge in [0.2, 0.25) is 0 Å². The van der Waals surface area contributed by atoms with Crippen LogP contribution in [0.3, 0.4) is 0 Å². The van der Waals surface area contributed by atoms with E-state index >= 15 is 0 Å². The first-order valence-corrected chi connectivity index (χ1v) is 5.25. The third-order valence-corrected chi connectivity index (χ3v) is 3.59. The number of nitrogens with two attached hydrogens (primary N) is 1. The normalized spacial score (nSPS) is 29.8. The van der Waals surface area contributed by atoms with Crippen molar-refractivity contribution in [2.24, 2.45) is 5.73 Å². The number of hydrogen-bond acceptors (Lipinski definition) is 5. The van der Waals surface area contributed by atoms with Gasteiger partial charge in [0.25, 0.3) is 0 Å². The van der Waals surface area contributed by atoms with E-state index in [1.807, 2.05) is 0 Å². The molecule has 72 valence electrons. The molecule has 0 aromatic carbocycles. The Morgan fingerprint density at radius 3 is 2.69 bits per heavy atom. The van der Waals surface area contributed by atoms with Crippen molar-refractivity contribution in [2.45, 2.75) is 37.8 Å². The summed E-state index contributed by atoms with van der Waals surface area (Å²) >= 11 is 1.50. The Morgan fingerprint density at radius 1 is 1.54 bits per heavy atom. The highest BCUT2D eigenvalue weighted by atomic mass is 32.1. The van der Waals surface area contributed by atoms with Crippen molar-refractivity contribution in [3.05, 3.63) is 10.0 Å². The average Bonchev–Trinajstić information content (AvgIpc) is 2.46. The summed E-state index contributed by atoms with van der Waals surface area (Å²) in [7, 11) is 0. The van der Waals surface area contributed by atoms with E-state index in [1.54, 1.807) is 6.92 Å². The molecule has 5 heteroatoms. The maximum atomic E-state index is 9.24. The van der Waals surface area contributed by atoms with Crippen LogP contribution >= 0.6 is 11.3 Å². The van der Waals surface area contributed by atoms with Gasteiger partial charge in [0.05, 0.1) is 0 Å². The molecule has 1 atom stereocenters. The number of aliphatic hydroxyl groups is 1. The average molecular weight is 199 g/mol. The minimum Gasteiger partial charge on any atom is -0.386 e. The molecule has 1 aromatic heterocycles. The lowest BCUT2D eigenvalue weighted by atomic mass is 9.81. The van der Waals surface area contributed by atoms with Gasteiger partial charge in [-0.1, -0.05) is 11.3 Å². The SMILES string of the molecule is C[C@H](O)c1nnc(C2CC(N)C2)s1. The molecule has 0 bridgehead atoms. The lowest BCUT2D eigenvalue weighted by Gasteiger charge is -2.30. The van der Waals surface area contributed by atoms with Crippen molar-refractivity contribution in [3.8, 4) is 0 Å². The number of aromatic nitrogens is 2. The Labute approximate surface area is 80.8 Å². The molecule has 2 rings (SSSR count). The summed E-state index contributed by atoms with van der Waals surface area (Å²) in [6, 6.07) is 0.337. The molecule has 0 saturated heterocycles. The molecule has 1 saturated carbocycles. The molecule has 1 heterocycles.